The van der Waals surface area contributed by atoms with E-state index in [4.69, 9.17) is 21.6 Å². The second kappa shape index (κ2) is 6.78. The smallest absolute Gasteiger partial charge is 0.265 e. The molecular weight excluding hydrogens is 288 g/mol. The number of ether oxygens (including phenoxy) is 1. The molecule has 0 fully saturated rings. The van der Waals surface area contributed by atoms with Crippen molar-refractivity contribution in [2.24, 2.45) is 0 Å². The molecule has 0 saturated carbocycles. The lowest BCUT2D eigenvalue weighted by Crippen LogP contribution is -2.30. The summed E-state index contributed by atoms with van der Waals surface area (Å²) in [6, 6.07) is 15.8. The maximum Gasteiger partial charge on any atom is 0.265 e. The molecule has 0 aliphatic rings. The second-order valence-corrected chi connectivity index (χ2v) is 4.78. The Bertz CT molecular complexity index is 680. The maximum atomic E-state index is 12.0. The number of anilines is 1. The van der Waals surface area contributed by atoms with Gasteiger partial charge < -0.3 is 10.1 Å². The number of nitriles is 1. The number of carbonyl (C=O) groups excluding carboxylic acids is 1. The summed E-state index contributed by atoms with van der Waals surface area (Å²) in [7, 11) is 0. The zero-order chi connectivity index (χ0) is 15.2. The molecule has 2 rings (SSSR count). The van der Waals surface area contributed by atoms with E-state index in [2.05, 4.69) is 5.32 Å². The molecule has 0 aromatic heterocycles. The van der Waals surface area contributed by atoms with Crippen molar-refractivity contribution in [3.63, 3.8) is 0 Å². The van der Waals surface area contributed by atoms with Gasteiger partial charge >= 0.3 is 0 Å². The molecule has 2 aromatic rings. The average Bonchev–Trinajstić information content (AvgIpc) is 2.50. The van der Waals surface area contributed by atoms with Crippen LogP contribution < -0.4 is 10.1 Å². The van der Waals surface area contributed by atoms with E-state index < -0.39 is 6.10 Å². The Balaban J connectivity index is 2.02. The second-order valence-electron chi connectivity index (χ2n) is 4.37. The molecule has 0 aliphatic heterocycles. The summed E-state index contributed by atoms with van der Waals surface area (Å²) in [5, 5.41) is 11.8. The van der Waals surface area contributed by atoms with Crippen LogP contribution in [0.3, 0.4) is 0 Å². The minimum Gasteiger partial charge on any atom is -0.479 e. The van der Waals surface area contributed by atoms with Crippen molar-refractivity contribution in [3.05, 3.63) is 59.1 Å². The van der Waals surface area contributed by atoms with Crippen LogP contribution in [0.1, 0.15) is 12.5 Å². The average molecular weight is 301 g/mol. The Morgan fingerprint density at radius 2 is 2.00 bits per heavy atom. The summed E-state index contributed by atoms with van der Waals surface area (Å²) in [5.41, 5.74) is 1.14. The van der Waals surface area contributed by atoms with Crippen LogP contribution in [-0.2, 0) is 4.79 Å². The molecule has 1 amide bonds. The third-order valence-electron chi connectivity index (χ3n) is 2.78. The molecule has 0 radical (unpaired) electrons. The third kappa shape index (κ3) is 3.98. The van der Waals surface area contributed by atoms with Gasteiger partial charge in [0, 0.05) is 5.69 Å². The zero-order valence-electron chi connectivity index (χ0n) is 11.3. The lowest BCUT2D eigenvalue weighted by atomic mass is 10.2. The van der Waals surface area contributed by atoms with Crippen molar-refractivity contribution in [2.75, 3.05) is 5.32 Å². The van der Waals surface area contributed by atoms with Crippen molar-refractivity contribution in [1.82, 2.24) is 0 Å². The predicted molar refractivity (Wildman–Crippen MR) is 81.3 cm³/mol. The highest BCUT2D eigenvalue weighted by Crippen LogP contribution is 2.26. The molecule has 21 heavy (non-hydrogen) atoms. The topological polar surface area (TPSA) is 62.1 Å². The van der Waals surface area contributed by atoms with Crippen molar-refractivity contribution in [3.8, 4) is 11.8 Å². The fraction of sp³-hybridized carbons (Fsp3) is 0.125. The first-order valence-electron chi connectivity index (χ1n) is 6.32. The van der Waals surface area contributed by atoms with Gasteiger partial charge in [0.15, 0.2) is 6.10 Å². The summed E-state index contributed by atoms with van der Waals surface area (Å²) in [5.74, 6) is 0.0907. The van der Waals surface area contributed by atoms with Crippen molar-refractivity contribution in [2.45, 2.75) is 13.0 Å². The number of para-hydroxylation sites is 1. The zero-order valence-corrected chi connectivity index (χ0v) is 12.1. The summed E-state index contributed by atoms with van der Waals surface area (Å²) in [6.07, 6.45) is -0.712. The molecule has 1 atom stereocenters. The first-order chi connectivity index (χ1) is 10.1. The Labute approximate surface area is 127 Å². The Morgan fingerprint density at radius 3 is 2.62 bits per heavy atom. The number of rotatable bonds is 4. The Hall–Kier alpha value is -2.51. The molecule has 0 spiro atoms. The van der Waals surface area contributed by atoms with E-state index in [1.165, 1.54) is 6.07 Å². The van der Waals surface area contributed by atoms with E-state index >= 15 is 0 Å². The van der Waals surface area contributed by atoms with Crippen LogP contribution in [0.15, 0.2) is 48.5 Å². The van der Waals surface area contributed by atoms with E-state index in [1.807, 2.05) is 24.3 Å². The van der Waals surface area contributed by atoms with Crippen LogP contribution in [0, 0.1) is 11.3 Å². The van der Waals surface area contributed by atoms with Gasteiger partial charge in [-0.05, 0) is 37.3 Å². The maximum absolute atomic E-state index is 12.0. The van der Waals surface area contributed by atoms with Gasteiger partial charge in [-0.3, -0.25) is 4.79 Å². The quantitative estimate of drug-likeness (QED) is 0.938. The van der Waals surface area contributed by atoms with Gasteiger partial charge in [-0.1, -0.05) is 29.8 Å². The van der Waals surface area contributed by atoms with Crippen molar-refractivity contribution >= 4 is 23.2 Å². The predicted octanol–water partition coefficient (Wildman–Crippen LogP) is 3.62. The number of hydrogen-bond donors (Lipinski definition) is 1. The Kier molecular flexibility index (Phi) is 4.81. The summed E-state index contributed by atoms with van der Waals surface area (Å²) >= 11 is 6.01. The van der Waals surface area contributed by atoms with Gasteiger partial charge in [0.2, 0.25) is 0 Å². The SMILES string of the molecule is CC(Oc1ccc(C#N)cc1Cl)C(=O)Nc1ccccc1. The molecule has 2 aromatic carbocycles. The fourth-order valence-corrected chi connectivity index (χ4v) is 1.90. The molecule has 1 unspecified atom stereocenters. The van der Waals surface area contributed by atoms with Crippen LogP contribution in [-0.4, -0.2) is 12.0 Å². The molecule has 0 saturated heterocycles. The van der Waals surface area contributed by atoms with E-state index in [-0.39, 0.29) is 5.91 Å². The van der Waals surface area contributed by atoms with Crippen LogP contribution in [0.2, 0.25) is 5.02 Å². The van der Waals surface area contributed by atoms with Crippen LogP contribution in [0.5, 0.6) is 5.75 Å². The van der Waals surface area contributed by atoms with Gasteiger partial charge in [0.05, 0.1) is 16.7 Å². The monoisotopic (exact) mass is 300 g/mol. The van der Waals surface area contributed by atoms with Crippen molar-refractivity contribution < 1.29 is 9.53 Å². The number of carbonyl (C=O) groups is 1. The van der Waals surface area contributed by atoms with Crippen LogP contribution in [0.25, 0.3) is 0 Å². The van der Waals surface area contributed by atoms with E-state index in [0.717, 1.165) is 0 Å². The highest BCUT2D eigenvalue weighted by atomic mass is 35.5. The normalized spacial score (nSPS) is 11.3. The number of benzene rings is 2. The number of nitrogens with zero attached hydrogens (tertiary/aromatic N) is 1. The van der Waals surface area contributed by atoms with Gasteiger partial charge in [-0.15, -0.1) is 0 Å². The van der Waals surface area contributed by atoms with Gasteiger partial charge in [-0.25, -0.2) is 0 Å². The van der Waals surface area contributed by atoms with E-state index in [0.29, 0.717) is 22.0 Å². The lowest BCUT2D eigenvalue weighted by molar-refractivity contribution is -0.122. The highest BCUT2D eigenvalue weighted by molar-refractivity contribution is 6.32. The third-order valence-corrected chi connectivity index (χ3v) is 3.07. The van der Waals surface area contributed by atoms with E-state index in [9.17, 15) is 4.79 Å². The van der Waals surface area contributed by atoms with Crippen LogP contribution >= 0.6 is 11.6 Å². The fourth-order valence-electron chi connectivity index (χ4n) is 1.68. The minimum atomic E-state index is -0.712. The van der Waals surface area contributed by atoms with Crippen LogP contribution in [0.4, 0.5) is 5.69 Å². The summed E-state index contributed by atoms with van der Waals surface area (Å²) in [4.78, 5) is 12.0. The highest BCUT2D eigenvalue weighted by Gasteiger charge is 2.16. The van der Waals surface area contributed by atoms with Gasteiger partial charge in [0.1, 0.15) is 5.75 Å². The lowest BCUT2D eigenvalue weighted by Gasteiger charge is -2.15. The van der Waals surface area contributed by atoms with Gasteiger partial charge in [-0.2, -0.15) is 5.26 Å². The van der Waals surface area contributed by atoms with Crippen molar-refractivity contribution in [1.29, 1.82) is 5.26 Å². The molecular formula is C16H13ClN2O2. The molecule has 0 bridgehead atoms. The molecule has 106 valence electrons. The first kappa shape index (κ1) is 14.9. The summed E-state index contributed by atoms with van der Waals surface area (Å²) < 4.78 is 5.53. The first-order valence-corrected chi connectivity index (χ1v) is 6.70. The number of amides is 1. The minimum absolute atomic E-state index is 0.276. The van der Waals surface area contributed by atoms with E-state index in [1.54, 1.807) is 31.2 Å². The molecule has 5 heteroatoms. The standard InChI is InChI=1S/C16H13ClN2O2/c1-11(16(20)19-13-5-3-2-4-6-13)21-15-8-7-12(10-18)9-14(15)17/h2-9,11H,1H3,(H,19,20). The number of halogens is 1. The largest absolute Gasteiger partial charge is 0.479 e. The summed E-state index contributed by atoms with van der Waals surface area (Å²) in [6.45, 7) is 1.63. The molecule has 0 heterocycles. The molecule has 1 N–H and O–H groups in total. The Morgan fingerprint density at radius 1 is 1.29 bits per heavy atom. The van der Waals surface area contributed by atoms with Gasteiger partial charge in [0.25, 0.3) is 5.91 Å². The number of nitrogens with one attached hydrogen (secondary N) is 1. The molecule has 0 aliphatic carbocycles. The number of hydrogen-bond acceptors (Lipinski definition) is 3. The molecule has 4 nitrogen and oxygen atoms in total.